The second-order valence-corrected chi connectivity index (χ2v) is 2.85. The van der Waals surface area contributed by atoms with Crippen molar-refractivity contribution in [2.24, 2.45) is 0 Å². The first-order valence-electron chi connectivity index (χ1n) is 4.41. The molecule has 0 saturated heterocycles. The van der Waals surface area contributed by atoms with Crippen molar-refractivity contribution in [1.29, 1.82) is 0 Å². The van der Waals surface area contributed by atoms with Crippen molar-refractivity contribution in [2.45, 2.75) is 32.9 Å². The Kier molecular flexibility index (Phi) is 3.49. The number of hydrogen-bond acceptors (Lipinski definition) is 3. The molecule has 72 valence electrons. The number of hydrogen-bond donors (Lipinski definition) is 0. The summed E-state index contributed by atoms with van der Waals surface area (Å²) >= 11 is 0. The maximum Gasteiger partial charge on any atom is 0.307 e. The number of rotatable bonds is 4. The molecule has 1 heterocycles. The van der Waals surface area contributed by atoms with Crippen LogP contribution in [0.3, 0.4) is 0 Å². The van der Waals surface area contributed by atoms with Crippen molar-refractivity contribution in [2.75, 3.05) is 0 Å². The molecule has 0 amide bonds. The fraction of sp³-hybridized carbons (Fsp3) is 0.556. The van der Waals surface area contributed by atoms with Crippen LogP contribution in [0.1, 0.15) is 32.9 Å². The van der Waals surface area contributed by atoms with E-state index in [1.165, 1.54) is 0 Å². The van der Waals surface area contributed by atoms with Gasteiger partial charge in [0.2, 0.25) is 0 Å². The van der Waals surface area contributed by atoms with Crippen molar-refractivity contribution in [3.8, 4) is 0 Å². The Balaban J connectivity index is 2.42. The predicted octanol–water partition coefficient (Wildman–Crippen LogP) is 1.74. The Hall–Kier alpha value is -1.32. The van der Waals surface area contributed by atoms with Crippen molar-refractivity contribution in [3.63, 3.8) is 0 Å². The lowest BCUT2D eigenvalue weighted by molar-refractivity contribution is -0.152. The van der Waals surface area contributed by atoms with E-state index in [0.717, 1.165) is 6.42 Å². The summed E-state index contributed by atoms with van der Waals surface area (Å²) in [6.07, 6.45) is 6.08. The minimum atomic E-state index is -0.262. The van der Waals surface area contributed by atoms with Crippen molar-refractivity contribution in [1.82, 2.24) is 9.55 Å². The zero-order valence-corrected chi connectivity index (χ0v) is 7.93. The van der Waals surface area contributed by atoms with Crippen LogP contribution in [0, 0.1) is 0 Å². The second kappa shape index (κ2) is 4.64. The Morgan fingerprint density at radius 1 is 1.69 bits per heavy atom. The maximum atomic E-state index is 11.1. The van der Waals surface area contributed by atoms with E-state index < -0.39 is 0 Å². The van der Waals surface area contributed by atoms with Gasteiger partial charge >= 0.3 is 5.97 Å². The highest BCUT2D eigenvalue weighted by Gasteiger charge is 2.08. The third-order valence-corrected chi connectivity index (χ3v) is 1.70. The smallest absolute Gasteiger partial charge is 0.307 e. The summed E-state index contributed by atoms with van der Waals surface area (Å²) < 4.78 is 6.86. The number of carbonyl (C=O) groups is 1. The van der Waals surface area contributed by atoms with Gasteiger partial charge in [-0.05, 0) is 13.3 Å². The summed E-state index contributed by atoms with van der Waals surface area (Å²) in [4.78, 5) is 15.0. The van der Waals surface area contributed by atoms with E-state index in [1.54, 1.807) is 23.3 Å². The van der Waals surface area contributed by atoms with Crippen LogP contribution in [-0.4, -0.2) is 15.5 Å². The summed E-state index contributed by atoms with van der Waals surface area (Å²) in [5.41, 5.74) is 0. The number of carbonyl (C=O) groups excluding carboxylic acids is 1. The van der Waals surface area contributed by atoms with Crippen molar-refractivity contribution in [3.05, 3.63) is 18.7 Å². The molecule has 1 unspecified atom stereocenters. The normalized spacial score (nSPS) is 12.5. The highest BCUT2D eigenvalue weighted by atomic mass is 16.6. The highest BCUT2D eigenvalue weighted by Crippen LogP contribution is 2.07. The Bertz CT molecular complexity index is 257. The largest absolute Gasteiger partial charge is 0.441 e. The molecule has 1 atom stereocenters. The molecule has 4 heteroatoms. The summed E-state index contributed by atoms with van der Waals surface area (Å²) in [6, 6.07) is 0. The lowest BCUT2D eigenvalue weighted by Crippen LogP contribution is -2.12. The zero-order valence-electron chi connectivity index (χ0n) is 7.93. The molecular formula is C9H14N2O2. The van der Waals surface area contributed by atoms with E-state index in [1.807, 2.05) is 13.8 Å². The van der Waals surface area contributed by atoms with E-state index in [-0.39, 0.29) is 12.2 Å². The Morgan fingerprint density at radius 2 is 2.46 bits per heavy atom. The van der Waals surface area contributed by atoms with E-state index >= 15 is 0 Å². The number of aromatic nitrogens is 2. The molecule has 1 rings (SSSR count). The number of nitrogens with zero attached hydrogens (tertiary/aromatic N) is 2. The minimum absolute atomic E-state index is 0.163. The van der Waals surface area contributed by atoms with Gasteiger partial charge in [-0.3, -0.25) is 4.79 Å². The van der Waals surface area contributed by atoms with Gasteiger partial charge in [-0.2, -0.15) is 0 Å². The summed E-state index contributed by atoms with van der Waals surface area (Å²) in [6.45, 7) is 3.76. The standard InChI is InChI=1S/C9H14N2O2/c1-3-4-9(12)13-8(2)11-6-5-10-7-11/h5-8H,3-4H2,1-2H3. The van der Waals surface area contributed by atoms with Gasteiger partial charge < -0.3 is 9.30 Å². The zero-order chi connectivity index (χ0) is 9.68. The molecule has 0 fully saturated rings. The van der Waals surface area contributed by atoms with Gasteiger partial charge in [-0.1, -0.05) is 6.92 Å². The van der Waals surface area contributed by atoms with E-state index in [0.29, 0.717) is 6.42 Å². The van der Waals surface area contributed by atoms with Crippen LogP contribution in [0.2, 0.25) is 0 Å². The van der Waals surface area contributed by atoms with Crippen LogP contribution in [0.15, 0.2) is 18.7 Å². The summed E-state index contributed by atoms with van der Waals surface area (Å²) in [5, 5.41) is 0. The Morgan fingerprint density at radius 3 is 3.00 bits per heavy atom. The van der Waals surface area contributed by atoms with Crippen LogP contribution >= 0.6 is 0 Å². The van der Waals surface area contributed by atoms with Crippen LogP contribution < -0.4 is 0 Å². The van der Waals surface area contributed by atoms with E-state index in [4.69, 9.17) is 4.74 Å². The molecular weight excluding hydrogens is 168 g/mol. The average Bonchev–Trinajstić information content (AvgIpc) is 2.55. The quantitative estimate of drug-likeness (QED) is 0.666. The van der Waals surface area contributed by atoms with E-state index in [9.17, 15) is 4.79 Å². The summed E-state index contributed by atoms with van der Waals surface area (Å²) in [7, 11) is 0. The fourth-order valence-electron chi connectivity index (χ4n) is 0.999. The van der Waals surface area contributed by atoms with Gasteiger partial charge in [0.05, 0.1) is 6.33 Å². The number of esters is 1. The molecule has 1 aromatic heterocycles. The SMILES string of the molecule is CCCC(=O)OC(C)n1ccnc1. The highest BCUT2D eigenvalue weighted by molar-refractivity contribution is 5.69. The van der Waals surface area contributed by atoms with Gasteiger partial charge in [0, 0.05) is 18.8 Å². The molecule has 0 spiro atoms. The molecule has 0 bridgehead atoms. The molecule has 0 N–H and O–H groups in total. The monoisotopic (exact) mass is 182 g/mol. The molecule has 0 aliphatic rings. The topological polar surface area (TPSA) is 44.1 Å². The Labute approximate surface area is 77.5 Å². The number of imidazole rings is 1. The van der Waals surface area contributed by atoms with Crippen LogP contribution in [0.4, 0.5) is 0 Å². The summed E-state index contributed by atoms with van der Waals surface area (Å²) in [5.74, 6) is -0.163. The second-order valence-electron chi connectivity index (χ2n) is 2.85. The first kappa shape index (κ1) is 9.77. The van der Waals surface area contributed by atoms with Gasteiger partial charge in [-0.15, -0.1) is 0 Å². The first-order chi connectivity index (χ1) is 6.24. The first-order valence-corrected chi connectivity index (χ1v) is 4.41. The average molecular weight is 182 g/mol. The van der Waals surface area contributed by atoms with Crippen LogP contribution in [0.5, 0.6) is 0 Å². The molecule has 13 heavy (non-hydrogen) atoms. The third-order valence-electron chi connectivity index (χ3n) is 1.70. The fourth-order valence-corrected chi connectivity index (χ4v) is 0.999. The van der Waals surface area contributed by atoms with Gasteiger partial charge in [0.25, 0.3) is 0 Å². The lowest BCUT2D eigenvalue weighted by atomic mass is 10.3. The van der Waals surface area contributed by atoms with Crippen LogP contribution in [0.25, 0.3) is 0 Å². The molecule has 1 aromatic rings. The molecule has 4 nitrogen and oxygen atoms in total. The minimum Gasteiger partial charge on any atom is -0.441 e. The number of ether oxygens (including phenoxy) is 1. The van der Waals surface area contributed by atoms with Gasteiger partial charge in [0.1, 0.15) is 0 Å². The van der Waals surface area contributed by atoms with Gasteiger partial charge in [-0.25, -0.2) is 4.98 Å². The maximum absolute atomic E-state index is 11.1. The third kappa shape index (κ3) is 2.89. The molecule has 0 aliphatic heterocycles. The van der Waals surface area contributed by atoms with Crippen molar-refractivity contribution < 1.29 is 9.53 Å². The molecule has 0 saturated carbocycles. The lowest BCUT2D eigenvalue weighted by Gasteiger charge is -2.13. The predicted molar refractivity (Wildman–Crippen MR) is 47.9 cm³/mol. The van der Waals surface area contributed by atoms with Crippen LogP contribution in [-0.2, 0) is 9.53 Å². The van der Waals surface area contributed by atoms with Crippen molar-refractivity contribution >= 4 is 5.97 Å². The van der Waals surface area contributed by atoms with Gasteiger partial charge in [0.15, 0.2) is 6.23 Å². The molecule has 0 aliphatic carbocycles. The molecule has 0 aromatic carbocycles. The van der Waals surface area contributed by atoms with E-state index in [2.05, 4.69) is 4.98 Å². The molecule has 0 radical (unpaired) electrons.